The van der Waals surface area contributed by atoms with Gasteiger partial charge in [0.1, 0.15) is 6.04 Å². The molecule has 0 aliphatic carbocycles. The SMILES string of the molecule is Cc1ccc(NC(=O)c2ccccc2)cc1N1C(=O)C(C)NC1=S. The molecule has 3 rings (SSSR count). The molecule has 2 N–H and O–H groups in total. The molecule has 0 saturated carbocycles. The molecule has 6 heteroatoms. The van der Waals surface area contributed by atoms with Crippen LogP contribution in [-0.2, 0) is 4.79 Å². The summed E-state index contributed by atoms with van der Waals surface area (Å²) in [7, 11) is 0. The maximum atomic E-state index is 12.3. The molecule has 24 heavy (non-hydrogen) atoms. The van der Waals surface area contributed by atoms with Gasteiger partial charge in [-0.25, -0.2) is 0 Å². The Morgan fingerprint density at radius 3 is 2.54 bits per heavy atom. The summed E-state index contributed by atoms with van der Waals surface area (Å²) in [5, 5.41) is 6.18. The minimum Gasteiger partial charge on any atom is -0.350 e. The number of amides is 2. The Bertz CT molecular complexity index is 820. The van der Waals surface area contributed by atoms with Gasteiger partial charge in [0.15, 0.2) is 5.11 Å². The zero-order valence-electron chi connectivity index (χ0n) is 13.4. The summed E-state index contributed by atoms with van der Waals surface area (Å²) >= 11 is 5.25. The van der Waals surface area contributed by atoms with Gasteiger partial charge in [-0.1, -0.05) is 24.3 Å². The van der Waals surface area contributed by atoms with Gasteiger partial charge in [-0.2, -0.15) is 0 Å². The number of benzene rings is 2. The van der Waals surface area contributed by atoms with Crippen molar-refractivity contribution in [3.8, 4) is 0 Å². The summed E-state index contributed by atoms with van der Waals surface area (Å²) in [6.45, 7) is 3.67. The van der Waals surface area contributed by atoms with Gasteiger partial charge < -0.3 is 10.6 Å². The Morgan fingerprint density at radius 2 is 1.92 bits per heavy atom. The zero-order chi connectivity index (χ0) is 17.3. The first-order chi connectivity index (χ1) is 11.5. The fourth-order valence-electron chi connectivity index (χ4n) is 2.55. The second-order valence-electron chi connectivity index (χ2n) is 5.67. The summed E-state index contributed by atoms with van der Waals surface area (Å²) in [4.78, 5) is 26.1. The number of nitrogens with zero attached hydrogens (tertiary/aromatic N) is 1. The maximum absolute atomic E-state index is 12.3. The molecule has 1 atom stereocenters. The molecule has 2 amide bonds. The Labute approximate surface area is 145 Å². The molecule has 1 aliphatic rings. The molecular weight excluding hydrogens is 322 g/mol. The van der Waals surface area contributed by atoms with Crippen molar-refractivity contribution >= 4 is 40.5 Å². The Morgan fingerprint density at radius 1 is 1.21 bits per heavy atom. The highest BCUT2D eigenvalue weighted by Gasteiger charge is 2.34. The molecule has 0 radical (unpaired) electrons. The van der Waals surface area contributed by atoms with E-state index in [0.717, 1.165) is 5.56 Å². The first-order valence-electron chi connectivity index (χ1n) is 7.59. The van der Waals surface area contributed by atoms with Gasteiger partial charge >= 0.3 is 0 Å². The quantitative estimate of drug-likeness (QED) is 0.844. The fraction of sp³-hybridized carbons (Fsp3) is 0.167. The van der Waals surface area contributed by atoms with Crippen molar-refractivity contribution in [1.82, 2.24) is 5.32 Å². The number of carbonyl (C=O) groups excluding carboxylic acids is 2. The minimum atomic E-state index is -0.348. The van der Waals surface area contributed by atoms with E-state index < -0.39 is 0 Å². The van der Waals surface area contributed by atoms with E-state index >= 15 is 0 Å². The number of anilines is 2. The largest absolute Gasteiger partial charge is 0.350 e. The highest BCUT2D eigenvalue weighted by molar-refractivity contribution is 7.80. The Kier molecular flexibility index (Phi) is 4.31. The van der Waals surface area contributed by atoms with Crippen molar-refractivity contribution in [3.63, 3.8) is 0 Å². The zero-order valence-corrected chi connectivity index (χ0v) is 14.2. The predicted molar refractivity (Wildman–Crippen MR) is 98.3 cm³/mol. The number of nitrogens with one attached hydrogen (secondary N) is 2. The van der Waals surface area contributed by atoms with Gasteiger partial charge in [-0.05, 0) is 55.9 Å². The third kappa shape index (κ3) is 3.00. The van der Waals surface area contributed by atoms with Crippen molar-refractivity contribution in [2.45, 2.75) is 19.9 Å². The third-order valence-electron chi connectivity index (χ3n) is 3.88. The van der Waals surface area contributed by atoms with E-state index in [1.807, 2.05) is 31.2 Å². The molecule has 1 fully saturated rings. The number of carbonyl (C=O) groups is 2. The molecule has 2 aromatic rings. The molecule has 122 valence electrons. The van der Waals surface area contributed by atoms with Crippen LogP contribution in [-0.4, -0.2) is 23.0 Å². The molecule has 1 unspecified atom stereocenters. The lowest BCUT2D eigenvalue weighted by Gasteiger charge is -2.19. The lowest BCUT2D eigenvalue weighted by atomic mass is 10.1. The third-order valence-corrected chi connectivity index (χ3v) is 4.18. The van der Waals surface area contributed by atoms with Crippen LogP contribution in [0.3, 0.4) is 0 Å². The average Bonchev–Trinajstić information content (AvgIpc) is 2.83. The summed E-state index contributed by atoms with van der Waals surface area (Å²) in [5.41, 5.74) is 2.76. The van der Waals surface area contributed by atoms with Gasteiger partial charge in [0, 0.05) is 11.3 Å². The second-order valence-corrected chi connectivity index (χ2v) is 6.05. The van der Waals surface area contributed by atoms with Crippen LogP contribution in [0.5, 0.6) is 0 Å². The van der Waals surface area contributed by atoms with E-state index in [4.69, 9.17) is 12.2 Å². The Balaban J connectivity index is 1.88. The molecule has 1 heterocycles. The molecule has 0 bridgehead atoms. The highest BCUT2D eigenvalue weighted by atomic mass is 32.1. The monoisotopic (exact) mass is 339 g/mol. The van der Waals surface area contributed by atoms with Crippen LogP contribution in [0.15, 0.2) is 48.5 Å². The van der Waals surface area contributed by atoms with Gasteiger partial charge in [0.05, 0.1) is 5.69 Å². The number of aryl methyl sites for hydroxylation is 1. The van der Waals surface area contributed by atoms with Crippen molar-refractivity contribution in [2.24, 2.45) is 0 Å². The van der Waals surface area contributed by atoms with Crippen molar-refractivity contribution in [3.05, 3.63) is 59.7 Å². The molecule has 0 aromatic heterocycles. The molecule has 1 saturated heterocycles. The topological polar surface area (TPSA) is 61.4 Å². The Hall–Kier alpha value is -2.73. The van der Waals surface area contributed by atoms with Crippen LogP contribution in [0.4, 0.5) is 11.4 Å². The van der Waals surface area contributed by atoms with E-state index in [1.165, 1.54) is 4.90 Å². The van der Waals surface area contributed by atoms with Crippen LogP contribution in [0.25, 0.3) is 0 Å². The lowest BCUT2D eigenvalue weighted by molar-refractivity contribution is -0.117. The van der Waals surface area contributed by atoms with Crippen LogP contribution in [0.2, 0.25) is 0 Å². The van der Waals surface area contributed by atoms with E-state index in [2.05, 4.69) is 10.6 Å². The van der Waals surface area contributed by atoms with E-state index in [1.54, 1.807) is 31.2 Å². The van der Waals surface area contributed by atoms with Gasteiger partial charge in [-0.15, -0.1) is 0 Å². The molecule has 0 spiro atoms. The van der Waals surface area contributed by atoms with Gasteiger partial charge in [0.25, 0.3) is 11.8 Å². The molecule has 2 aromatic carbocycles. The van der Waals surface area contributed by atoms with Crippen molar-refractivity contribution < 1.29 is 9.59 Å². The number of hydrogen-bond acceptors (Lipinski definition) is 3. The fourth-order valence-corrected chi connectivity index (χ4v) is 2.92. The van der Waals surface area contributed by atoms with Crippen molar-refractivity contribution in [2.75, 3.05) is 10.2 Å². The molecular formula is C18H17N3O2S. The van der Waals surface area contributed by atoms with Crippen LogP contribution >= 0.6 is 12.2 Å². The highest BCUT2D eigenvalue weighted by Crippen LogP contribution is 2.27. The molecule has 5 nitrogen and oxygen atoms in total. The summed E-state index contributed by atoms with van der Waals surface area (Å²) in [5.74, 6) is -0.304. The molecule has 1 aliphatic heterocycles. The first kappa shape index (κ1) is 16.1. The van der Waals surface area contributed by atoms with E-state index in [-0.39, 0.29) is 17.9 Å². The standard InChI is InChI=1S/C18H17N3O2S/c1-11-8-9-14(20-16(22)13-6-4-3-5-7-13)10-15(11)21-17(23)12(2)19-18(21)24/h3-10,12H,1-2H3,(H,19,24)(H,20,22). The second kappa shape index (κ2) is 6.41. The number of rotatable bonds is 3. The van der Waals surface area contributed by atoms with E-state index in [9.17, 15) is 9.59 Å². The van der Waals surface area contributed by atoms with Gasteiger partial charge in [0.2, 0.25) is 0 Å². The predicted octanol–water partition coefficient (Wildman–Crippen LogP) is 2.86. The number of thiocarbonyl (C=S) groups is 1. The van der Waals surface area contributed by atoms with Crippen LogP contribution in [0, 0.1) is 6.92 Å². The van der Waals surface area contributed by atoms with E-state index in [0.29, 0.717) is 22.1 Å². The van der Waals surface area contributed by atoms with Crippen LogP contribution < -0.4 is 15.5 Å². The summed E-state index contributed by atoms with van der Waals surface area (Å²) < 4.78 is 0. The van der Waals surface area contributed by atoms with Gasteiger partial charge in [-0.3, -0.25) is 14.5 Å². The average molecular weight is 339 g/mol. The normalized spacial score (nSPS) is 16.9. The minimum absolute atomic E-state index is 0.102. The maximum Gasteiger partial charge on any atom is 0.255 e. The first-order valence-corrected chi connectivity index (χ1v) is 7.99. The van der Waals surface area contributed by atoms with Crippen molar-refractivity contribution in [1.29, 1.82) is 0 Å². The number of hydrogen-bond donors (Lipinski definition) is 2. The summed E-state index contributed by atoms with van der Waals surface area (Å²) in [6, 6.07) is 14.0. The lowest BCUT2D eigenvalue weighted by Crippen LogP contribution is -2.31. The van der Waals surface area contributed by atoms with Crippen LogP contribution in [0.1, 0.15) is 22.8 Å². The summed E-state index contributed by atoms with van der Waals surface area (Å²) in [6.07, 6.45) is 0. The smallest absolute Gasteiger partial charge is 0.255 e.